The monoisotopic (exact) mass is 278 g/mol. The van der Waals surface area contributed by atoms with Crippen LogP contribution in [0.3, 0.4) is 0 Å². The molecule has 108 valence electrons. The molecule has 1 aromatic carbocycles. The smallest absolute Gasteiger partial charge is 0.0373 e. The Labute approximate surface area is 125 Å². The standard InChI is InChI=1S/C18H30S/c1-7-14(4)17(5,6)15-10-12-16(13-11-15)18(19,8-2)9-3/h10-14,19H,7-9H2,1-6H3. The van der Waals surface area contributed by atoms with Crippen molar-refractivity contribution < 1.29 is 0 Å². The van der Waals surface area contributed by atoms with Gasteiger partial charge in [0.05, 0.1) is 0 Å². The number of hydrogen-bond acceptors (Lipinski definition) is 1. The van der Waals surface area contributed by atoms with E-state index in [9.17, 15) is 0 Å². The molecule has 0 spiro atoms. The van der Waals surface area contributed by atoms with Gasteiger partial charge in [-0.1, -0.05) is 72.2 Å². The molecule has 0 fully saturated rings. The maximum absolute atomic E-state index is 4.87. The van der Waals surface area contributed by atoms with E-state index < -0.39 is 0 Å². The summed E-state index contributed by atoms with van der Waals surface area (Å²) in [6.45, 7) is 13.7. The van der Waals surface area contributed by atoms with Crippen molar-refractivity contribution in [2.24, 2.45) is 5.92 Å². The topological polar surface area (TPSA) is 0 Å². The molecule has 0 saturated carbocycles. The van der Waals surface area contributed by atoms with Gasteiger partial charge >= 0.3 is 0 Å². The fraction of sp³-hybridized carbons (Fsp3) is 0.667. The molecule has 0 aliphatic heterocycles. The van der Waals surface area contributed by atoms with Crippen molar-refractivity contribution in [2.45, 2.75) is 71.0 Å². The van der Waals surface area contributed by atoms with Gasteiger partial charge in [0.1, 0.15) is 0 Å². The number of rotatable bonds is 6. The van der Waals surface area contributed by atoms with E-state index in [1.807, 2.05) is 0 Å². The Bertz CT molecular complexity index is 385. The van der Waals surface area contributed by atoms with Gasteiger partial charge in [0, 0.05) is 4.75 Å². The second-order valence-electron chi connectivity index (χ2n) is 6.35. The lowest BCUT2D eigenvalue weighted by atomic mass is 9.73. The van der Waals surface area contributed by atoms with Gasteiger partial charge in [-0.25, -0.2) is 0 Å². The molecule has 0 heterocycles. The molecule has 1 rings (SSSR count). The van der Waals surface area contributed by atoms with Crippen LogP contribution in [0, 0.1) is 5.92 Å². The maximum atomic E-state index is 4.87. The Morgan fingerprint density at radius 3 is 1.74 bits per heavy atom. The van der Waals surface area contributed by atoms with Crippen molar-refractivity contribution in [1.29, 1.82) is 0 Å². The molecule has 0 radical (unpaired) electrons. The normalized spacial score (nSPS) is 14.5. The molecule has 0 nitrogen and oxygen atoms in total. The van der Waals surface area contributed by atoms with E-state index in [0.717, 1.165) is 12.8 Å². The minimum atomic E-state index is 0.0268. The second-order valence-corrected chi connectivity index (χ2v) is 7.20. The molecule has 0 aliphatic rings. The summed E-state index contributed by atoms with van der Waals surface area (Å²) in [6.07, 6.45) is 3.36. The van der Waals surface area contributed by atoms with Crippen molar-refractivity contribution >= 4 is 12.6 Å². The quantitative estimate of drug-likeness (QED) is 0.610. The van der Waals surface area contributed by atoms with E-state index in [2.05, 4.69) is 65.8 Å². The van der Waals surface area contributed by atoms with Crippen LogP contribution < -0.4 is 0 Å². The summed E-state index contributed by atoms with van der Waals surface area (Å²) in [6, 6.07) is 9.16. The summed E-state index contributed by atoms with van der Waals surface area (Å²) < 4.78 is 0.0268. The van der Waals surface area contributed by atoms with Gasteiger partial charge in [-0.3, -0.25) is 0 Å². The zero-order chi connectivity index (χ0) is 14.7. The average Bonchev–Trinajstić information content (AvgIpc) is 2.45. The van der Waals surface area contributed by atoms with Crippen LogP contribution in [0.25, 0.3) is 0 Å². The second kappa shape index (κ2) is 6.35. The van der Waals surface area contributed by atoms with Gasteiger partial charge in [0.2, 0.25) is 0 Å². The minimum Gasteiger partial charge on any atom is -0.168 e. The molecular weight excluding hydrogens is 248 g/mol. The Morgan fingerprint density at radius 2 is 1.37 bits per heavy atom. The van der Waals surface area contributed by atoms with Crippen LogP contribution in [0.1, 0.15) is 71.9 Å². The lowest BCUT2D eigenvalue weighted by molar-refractivity contribution is 0.335. The van der Waals surface area contributed by atoms with E-state index in [1.54, 1.807) is 0 Å². The molecular formula is C18H30S. The van der Waals surface area contributed by atoms with Crippen LogP contribution in [0.2, 0.25) is 0 Å². The predicted octanol–water partition coefficient (Wildman–Crippen LogP) is 5.96. The van der Waals surface area contributed by atoms with Crippen LogP contribution in [-0.2, 0) is 10.2 Å². The molecule has 19 heavy (non-hydrogen) atoms. The molecule has 1 aromatic rings. The van der Waals surface area contributed by atoms with Crippen LogP contribution in [0.4, 0.5) is 0 Å². The molecule has 1 unspecified atom stereocenters. The van der Waals surface area contributed by atoms with E-state index in [1.165, 1.54) is 17.5 Å². The summed E-state index contributed by atoms with van der Waals surface area (Å²) in [4.78, 5) is 0. The van der Waals surface area contributed by atoms with Crippen LogP contribution in [-0.4, -0.2) is 0 Å². The van der Waals surface area contributed by atoms with Crippen LogP contribution >= 0.6 is 12.6 Å². The number of hydrogen-bond donors (Lipinski definition) is 1. The van der Waals surface area contributed by atoms with Gasteiger partial charge in [-0.05, 0) is 35.3 Å². The molecule has 1 atom stereocenters. The van der Waals surface area contributed by atoms with Crippen molar-refractivity contribution in [2.75, 3.05) is 0 Å². The first-order valence-corrected chi connectivity index (χ1v) is 8.09. The fourth-order valence-corrected chi connectivity index (χ4v) is 2.81. The first-order chi connectivity index (χ1) is 8.81. The van der Waals surface area contributed by atoms with Gasteiger partial charge in [-0.2, -0.15) is 12.6 Å². The van der Waals surface area contributed by atoms with Gasteiger partial charge in [-0.15, -0.1) is 0 Å². The molecule has 1 heteroatoms. The van der Waals surface area contributed by atoms with Crippen molar-refractivity contribution in [1.82, 2.24) is 0 Å². The molecule has 0 amide bonds. The average molecular weight is 279 g/mol. The van der Waals surface area contributed by atoms with Crippen molar-refractivity contribution in [3.05, 3.63) is 35.4 Å². The maximum Gasteiger partial charge on any atom is 0.0373 e. The third-order valence-electron chi connectivity index (χ3n) is 5.18. The number of thiol groups is 1. The van der Waals surface area contributed by atoms with Crippen LogP contribution in [0.15, 0.2) is 24.3 Å². The lowest BCUT2D eigenvalue weighted by Gasteiger charge is -2.33. The highest BCUT2D eigenvalue weighted by atomic mass is 32.1. The van der Waals surface area contributed by atoms with Gasteiger partial charge in [0.25, 0.3) is 0 Å². The molecule has 0 N–H and O–H groups in total. The van der Waals surface area contributed by atoms with Crippen LogP contribution in [0.5, 0.6) is 0 Å². The van der Waals surface area contributed by atoms with E-state index in [0.29, 0.717) is 5.92 Å². The highest BCUT2D eigenvalue weighted by Crippen LogP contribution is 2.38. The molecule has 0 saturated heterocycles. The SMILES string of the molecule is CCC(C)C(C)(C)c1ccc(C(S)(CC)CC)cc1. The summed E-state index contributed by atoms with van der Waals surface area (Å²) in [5.41, 5.74) is 3.03. The summed E-state index contributed by atoms with van der Waals surface area (Å²) in [5.74, 6) is 0.691. The summed E-state index contributed by atoms with van der Waals surface area (Å²) in [7, 11) is 0. The third-order valence-corrected chi connectivity index (χ3v) is 6.07. The van der Waals surface area contributed by atoms with Crippen molar-refractivity contribution in [3.63, 3.8) is 0 Å². The Kier molecular flexibility index (Phi) is 5.55. The highest BCUT2D eigenvalue weighted by molar-refractivity contribution is 7.81. The zero-order valence-corrected chi connectivity index (χ0v) is 14.3. The molecule has 0 bridgehead atoms. The lowest BCUT2D eigenvalue weighted by Crippen LogP contribution is -2.26. The largest absolute Gasteiger partial charge is 0.168 e. The molecule has 0 aromatic heterocycles. The number of benzene rings is 1. The Balaban J connectivity index is 3.06. The Morgan fingerprint density at radius 1 is 0.947 bits per heavy atom. The van der Waals surface area contributed by atoms with Gasteiger partial charge in [0.15, 0.2) is 0 Å². The highest BCUT2D eigenvalue weighted by Gasteiger charge is 2.28. The van der Waals surface area contributed by atoms with E-state index in [-0.39, 0.29) is 10.2 Å². The predicted molar refractivity (Wildman–Crippen MR) is 90.2 cm³/mol. The van der Waals surface area contributed by atoms with E-state index >= 15 is 0 Å². The fourth-order valence-electron chi connectivity index (χ4n) is 2.66. The van der Waals surface area contributed by atoms with Gasteiger partial charge < -0.3 is 0 Å². The summed E-state index contributed by atoms with van der Waals surface area (Å²) >= 11 is 4.87. The zero-order valence-electron chi connectivity index (χ0n) is 13.5. The van der Waals surface area contributed by atoms with Crippen molar-refractivity contribution in [3.8, 4) is 0 Å². The summed E-state index contributed by atoms with van der Waals surface area (Å²) in [5, 5.41) is 0. The molecule has 0 aliphatic carbocycles. The Hall–Kier alpha value is -0.430. The third kappa shape index (κ3) is 3.37. The first kappa shape index (κ1) is 16.6. The first-order valence-electron chi connectivity index (χ1n) is 7.65. The van der Waals surface area contributed by atoms with E-state index in [4.69, 9.17) is 12.6 Å². The minimum absolute atomic E-state index is 0.0268.